The zero-order chi connectivity index (χ0) is 18.7. The first-order chi connectivity index (χ1) is 13.2. The summed E-state index contributed by atoms with van der Waals surface area (Å²) in [7, 11) is -3.03. The summed E-state index contributed by atoms with van der Waals surface area (Å²) in [5.41, 5.74) is 1.12. The molecular formula is C23H24NO2P. The lowest BCUT2D eigenvalue weighted by atomic mass is 10.0. The van der Waals surface area contributed by atoms with Crippen LogP contribution < -0.4 is 15.7 Å². The highest BCUT2D eigenvalue weighted by Gasteiger charge is 2.45. The van der Waals surface area contributed by atoms with Gasteiger partial charge in [0.05, 0.1) is 0 Å². The maximum absolute atomic E-state index is 14.4. The molecule has 0 aromatic heterocycles. The number of aliphatic hydroxyl groups excluding tert-OH is 1. The van der Waals surface area contributed by atoms with E-state index in [1.807, 2.05) is 78.9 Å². The molecule has 1 aliphatic rings. The summed E-state index contributed by atoms with van der Waals surface area (Å²) >= 11 is 0. The highest BCUT2D eigenvalue weighted by molar-refractivity contribution is 7.76. The second kappa shape index (κ2) is 7.82. The number of benzene rings is 3. The molecule has 0 unspecified atom stereocenters. The first-order valence-electron chi connectivity index (χ1n) is 9.37. The molecule has 1 aliphatic carbocycles. The number of nitrogens with one attached hydrogen (secondary N) is 1. The van der Waals surface area contributed by atoms with Gasteiger partial charge in [0, 0.05) is 23.3 Å². The molecule has 1 saturated carbocycles. The van der Waals surface area contributed by atoms with Crippen LogP contribution >= 0.6 is 7.29 Å². The SMILES string of the molecule is O=P(N[C@@H](c1ccccc1)[C@H]1C[C@H]1CO)(c1ccccc1)c1ccccc1. The van der Waals surface area contributed by atoms with Crippen molar-refractivity contribution in [3.8, 4) is 0 Å². The lowest BCUT2D eigenvalue weighted by Gasteiger charge is -2.28. The van der Waals surface area contributed by atoms with Gasteiger partial charge in [0.25, 0.3) is 0 Å². The highest BCUT2D eigenvalue weighted by Crippen LogP contribution is 2.52. The maximum Gasteiger partial charge on any atom is 0.205 e. The Labute approximate surface area is 160 Å². The topological polar surface area (TPSA) is 49.3 Å². The van der Waals surface area contributed by atoms with E-state index in [0.717, 1.165) is 22.6 Å². The van der Waals surface area contributed by atoms with E-state index < -0.39 is 7.29 Å². The molecule has 3 aromatic carbocycles. The van der Waals surface area contributed by atoms with E-state index in [9.17, 15) is 9.67 Å². The van der Waals surface area contributed by atoms with Crippen molar-refractivity contribution < 1.29 is 9.67 Å². The Morgan fingerprint density at radius 2 is 1.33 bits per heavy atom. The van der Waals surface area contributed by atoms with E-state index in [1.165, 1.54) is 0 Å². The van der Waals surface area contributed by atoms with Crippen molar-refractivity contribution >= 4 is 17.9 Å². The summed E-state index contributed by atoms with van der Waals surface area (Å²) in [5, 5.41) is 14.8. The van der Waals surface area contributed by atoms with E-state index in [-0.39, 0.29) is 24.5 Å². The molecule has 0 saturated heterocycles. The van der Waals surface area contributed by atoms with E-state index in [1.54, 1.807) is 0 Å². The smallest absolute Gasteiger partial charge is 0.205 e. The van der Waals surface area contributed by atoms with Gasteiger partial charge < -0.3 is 5.11 Å². The van der Waals surface area contributed by atoms with Crippen LogP contribution in [0.2, 0.25) is 0 Å². The van der Waals surface area contributed by atoms with Gasteiger partial charge in [-0.05, 0) is 48.1 Å². The zero-order valence-electron chi connectivity index (χ0n) is 15.1. The third-order valence-electron chi connectivity index (χ3n) is 5.36. The van der Waals surface area contributed by atoms with Crippen molar-refractivity contribution in [2.24, 2.45) is 11.8 Å². The Kier molecular flexibility index (Phi) is 5.27. The van der Waals surface area contributed by atoms with Gasteiger partial charge in [0.2, 0.25) is 7.29 Å². The first-order valence-corrected chi connectivity index (χ1v) is 11.1. The van der Waals surface area contributed by atoms with Crippen LogP contribution in [0.5, 0.6) is 0 Å². The van der Waals surface area contributed by atoms with Crippen LogP contribution in [0.25, 0.3) is 0 Å². The summed E-state index contributed by atoms with van der Waals surface area (Å²) in [4.78, 5) is 0. The van der Waals surface area contributed by atoms with Gasteiger partial charge in [-0.1, -0.05) is 66.7 Å². The van der Waals surface area contributed by atoms with Crippen molar-refractivity contribution in [2.45, 2.75) is 12.5 Å². The number of aliphatic hydroxyl groups is 1. The molecule has 0 bridgehead atoms. The Hall–Kier alpha value is -2.19. The minimum atomic E-state index is -3.03. The molecule has 4 rings (SSSR count). The second-order valence-corrected chi connectivity index (χ2v) is 9.65. The van der Waals surface area contributed by atoms with Gasteiger partial charge in [0.1, 0.15) is 0 Å². The Morgan fingerprint density at radius 3 is 1.78 bits per heavy atom. The molecule has 0 amide bonds. The second-order valence-electron chi connectivity index (χ2n) is 7.14. The van der Waals surface area contributed by atoms with Gasteiger partial charge >= 0.3 is 0 Å². The van der Waals surface area contributed by atoms with Gasteiger partial charge in [-0.2, -0.15) is 0 Å². The molecule has 0 spiro atoms. The van der Waals surface area contributed by atoms with Crippen LogP contribution in [0.3, 0.4) is 0 Å². The van der Waals surface area contributed by atoms with Crippen molar-refractivity contribution in [1.82, 2.24) is 5.09 Å². The predicted molar refractivity (Wildman–Crippen MR) is 111 cm³/mol. The molecule has 3 atom stereocenters. The fourth-order valence-corrected chi connectivity index (χ4v) is 6.25. The molecule has 4 heteroatoms. The average molecular weight is 377 g/mol. The van der Waals surface area contributed by atoms with Gasteiger partial charge in [-0.3, -0.25) is 9.65 Å². The standard InChI is InChI=1S/C23H24NO2P/c25-17-19-16-22(19)23(18-10-4-1-5-11-18)24-27(26,20-12-6-2-7-13-20)21-14-8-3-9-15-21/h1-15,19,22-23,25H,16-17H2,(H,24,26)/t19-,22-,23-/m0/s1. The van der Waals surface area contributed by atoms with Crippen molar-refractivity contribution in [3.63, 3.8) is 0 Å². The minimum Gasteiger partial charge on any atom is -0.396 e. The van der Waals surface area contributed by atoms with Crippen LogP contribution in [0.1, 0.15) is 18.0 Å². The van der Waals surface area contributed by atoms with Gasteiger partial charge in [-0.25, -0.2) is 0 Å². The van der Waals surface area contributed by atoms with Crippen LogP contribution in [0.15, 0.2) is 91.0 Å². The lowest BCUT2D eigenvalue weighted by molar-refractivity contribution is 0.263. The fraction of sp³-hybridized carbons (Fsp3) is 0.217. The normalized spacial score (nSPS) is 20.2. The van der Waals surface area contributed by atoms with Crippen LogP contribution in [-0.4, -0.2) is 11.7 Å². The van der Waals surface area contributed by atoms with E-state index in [2.05, 4.69) is 17.2 Å². The molecular weight excluding hydrogens is 353 g/mol. The third-order valence-corrected chi connectivity index (χ3v) is 8.05. The Balaban J connectivity index is 1.77. The summed E-state index contributed by atoms with van der Waals surface area (Å²) in [6, 6.07) is 29.4. The van der Waals surface area contributed by atoms with E-state index in [0.29, 0.717) is 0 Å². The zero-order valence-corrected chi connectivity index (χ0v) is 16.0. The van der Waals surface area contributed by atoms with E-state index >= 15 is 0 Å². The molecule has 27 heavy (non-hydrogen) atoms. The molecule has 3 nitrogen and oxygen atoms in total. The van der Waals surface area contributed by atoms with Crippen LogP contribution in [0.4, 0.5) is 0 Å². The first kappa shape index (κ1) is 18.2. The lowest BCUT2D eigenvalue weighted by Crippen LogP contribution is -2.32. The largest absolute Gasteiger partial charge is 0.396 e. The monoisotopic (exact) mass is 377 g/mol. The molecule has 0 radical (unpaired) electrons. The highest BCUT2D eigenvalue weighted by atomic mass is 31.2. The molecule has 1 fully saturated rings. The number of hydrogen-bond acceptors (Lipinski definition) is 2. The number of rotatable bonds is 7. The summed E-state index contributed by atoms with van der Waals surface area (Å²) in [6.07, 6.45) is 0.951. The number of hydrogen-bond donors (Lipinski definition) is 2. The maximum atomic E-state index is 14.4. The quantitative estimate of drug-likeness (QED) is 0.615. The Morgan fingerprint density at radius 1 is 0.852 bits per heavy atom. The molecule has 0 heterocycles. The summed E-state index contributed by atoms with van der Waals surface area (Å²) in [5.74, 6) is 0.556. The van der Waals surface area contributed by atoms with Crippen LogP contribution in [-0.2, 0) is 4.57 Å². The van der Waals surface area contributed by atoms with Crippen molar-refractivity contribution in [1.29, 1.82) is 0 Å². The van der Waals surface area contributed by atoms with Gasteiger partial charge in [-0.15, -0.1) is 0 Å². The molecule has 3 aromatic rings. The van der Waals surface area contributed by atoms with E-state index in [4.69, 9.17) is 0 Å². The van der Waals surface area contributed by atoms with Gasteiger partial charge in [0.15, 0.2) is 0 Å². The third kappa shape index (κ3) is 3.77. The molecule has 0 aliphatic heterocycles. The van der Waals surface area contributed by atoms with Crippen LogP contribution in [0, 0.1) is 11.8 Å². The predicted octanol–water partition coefficient (Wildman–Crippen LogP) is 3.87. The molecule has 2 N–H and O–H groups in total. The molecule has 138 valence electrons. The summed E-state index contributed by atoms with van der Waals surface area (Å²) in [6.45, 7) is 0.177. The minimum absolute atomic E-state index is 0.0606. The average Bonchev–Trinajstić information content (AvgIpc) is 3.53. The summed E-state index contributed by atoms with van der Waals surface area (Å²) < 4.78 is 14.4. The van der Waals surface area contributed by atoms with Crippen molar-refractivity contribution in [2.75, 3.05) is 6.61 Å². The van der Waals surface area contributed by atoms with Crippen molar-refractivity contribution in [3.05, 3.63) is 96.6 Å². The Bertz CT molecular complexity index is 871. The fourth-order valence-electron chi connectivity index (χ4n) is 3.74.